The van der Waals surface area contributed by atoms with Crippen LogP contribution in [0.15, 0.2) is 29.3 Å². The first-order chi connectivity index (χ1) is 7.43. The molecule has 0 aromatic heterocycles. The van der Waals surface area contributed by atoms with Crippen molar-refractivity contribution in [1.82, 2.24) is 5.43 Å². The van der Waals surface area contributed by atoms with Crippen LogP contribution in [0.2, 0.25) is 0 Å². The SMILES string of the molecule is NNC(N)=NCc1cccc(C(F)(F)F)c1. The summed E-state index contributed by atoms with van der Waals surface area (Å²) in [4.78, 5) is 3.73. The molecule has 0 saturated carbocycles. The van der Waals surface area contributed by atoms with Crippen molar-refractivity contribution in [2.45, 2.75) is 12.7 Å². The molecule has 0 aliphatic carbocycles. The first kappa shape index (κ1) is 12.3. The van der Waals surface area contributed by atoms with Crippen LogP contribution in [0.4, 0.5) is 13.2 Å². The van der Waals surface area contributed by atoms with Gasteiger partial charge in [-0.05, 0) is 17.7 Å². The van der Waals surface area contributed by atoms with E-state index in [2.05, 4.69) is 10.4 Å². The van der Waals surface area contributed by atoms with Gasteiger partial charge >= 0.3 is 6.18 Å². The van der Waals surface area contributed by atoms with Crippen molar-refractivity contribution in [2.24, 2.45) is 16.6 Å². The molecule has 0 bridgehead atoms. The number of benzene rings is 1. The predicted molar refractivity (Wildman–Crippen MR) is 54.1 cm³/mol. The highest BCUT2D eigenvalue weighted by Crippen LogP contribution is 2.29. The van der Waals surface area contributed by atoms with Gasteiger partial charge in [-0.3, -0.25) is 5.43 Å². The number of nitrogens with two attached hydrogens (primary N) is 2. The van der Waals surface area contributed by atoms with E-state index in [1.54, 1.807) is 0 Å². The highest BCUT2D eigenvalue weighted by atomic mass is 19.4. The van der Waals surface area contributed by atoms with Crippen LogP contribution in [0, 0.1) is 0 Å². The standard InChI is InChI=1S/C9H11F3N4/c10-9(11,12)7-3-1-2-6(4-7)5-15-8(13)16-14/h1-4H,5,14H2,(H3,13,15,16). The molecule has 7 heteroatoms. The highest BCUT2D eigenvalue weighted by Gasteiger charge is 2.30. The minimum absolute atomic E-state index is 0.0302. The minimum atomic E-state index is -4.35. The average molecular weight is 232 g/mol. The Kier molecular flexibility index (Phi) is 3.73. The molecule has 1 rings (SSSR count). The molecule has 0 fully saturated rings. The summed E-state index contributed by atoms with van der Waals surface area (Å²) in [7, 11) is 0. The molecule has 0 aliphatic heterocycles. The molecule has 0 amide bonds. The summed E-state index contributed by atoms with van der Waals surface area (Å²) >= 11 is 0. The molecule has 0 aliphatic rings. The predicted octanol–water partition coefficient (Wildman–Crippen LogP) is 0.983. The number of hydrazine groups is 1. The van der Waals surface area contributed by atoms with Crippen molar-refractivity contribution in [2.75, 3.05) is 0 Å². The van der Waals surface area contributed by atoms with Gasteiger partial charge < -0.3 is 5.73 Å². The number of halogens is 3. The van der Waals surface area contributed by atoms with Crippen LogP contribution in [-0.4, -0.2) is 5.96 Å². The van der Waals surface area contributed by atoms with Crippen LogP contribution < -0.4 is 17.0 Å². The quantitative estimate of drug-likeness (QED) is 0.308. The van der Waals surface area contributed by atoms with Gasteiger partial charge in [-0.25, -0.2) is 10.8 Å². The van der Waals surface area contributed by atoms with Crippen LogP contribution in [0.25, 0.3) is 0 Å². The summed E-state index contributed by atoms with van der Waals surface area (Å²) in [6.07, 6.45) is -4.35. The summed E-state index contributed by atoms with van der Waals surface area (Å²) in [6.45, 7) is 0.0416. The number of hydrogen-bond donors (Lipinski definition) is 3. The van der Waals surface area contributed by atoms with Crippen molar-refractivity contribution < 1.29 is 13.2 Å². The summed E-state index contributed by atoms with van der Waals surface area (Å²) in [5.74, 6) is 4.92. The van der Waals surface area contributed by atoms with Gasteiger partial charge in [0.1, 0.15) is 0 Å². The maximum atomic E-state index is 12.3. The molecule has 0 saturated heterocycles. The molecule has 16 heavy (non-hydrogen) atoms. The lowest BCUT2D eigenvalue weighted by molar-refractivity contribution is -0.137. The second-order valence-electron chi connectivity index (χ2n) is 3.04. The summed E-state index contributed by atoms with van der Waals surface area (Å²) in [5.41, 5.74) is 7.02. The number of rotatable bonds is 2. The molecule has 1 aromatic rings. The molecule has 5 N–H and O–H groups in total. The molecule has 0 unspecified atom stereocenters. The fourth-order valence-electron chi connectivity index (χ4n) is 1.07. The van der Waals surface area contributed by atoms with Gasteiger partial charge in [0.05, 0.1) is 12.1 Å². The zero-order chi connectivity index (χ0) is 12.2. The monoisotopic (exact) mass is 232 g/mol. The fourth-order valence-corrected chi connectivity index (χ4v) is 1.07. The van der Waals surface area contributed by atoms with E-state index in [9.17, 15) is 13.2 Å². The van der Waals surface area contributed by atoms with E-state index in [1.807, 2.05) is 0 Å². The molecular weight excluding hydrogens is 221 g/mol. The zero-order valence-electron chi connectivity index (χ0n) is 8.25. The van der Waals surface area contributed by atoms with Crippen molar-refractivity contribution in [1.29, 1.82) is 0 Å². The second kappa shape index (κ2) is 4.84. The van der Waals surface area contributed by atoms with E-state index in [0.717, 1.165) is 12.1 Å². The van der Waals surface area contributed by atoms with Crippen LogP contribution in [0.3, 0.4) is 0 Å². The molecule has 1 aromatic carbocycles. The number of alkyl halides is 3. The smallest absolute Gasteiger partial charge is 0.369 e. The molecule has 4 nitrogen and oxygen atoms in total. The van der Waals surface area contributed by atoms with Crippen LogP contribution in [-0.2, 0) is 12.7 Å². The van der Waals surface area contributed by atoms with Crippen molar-refractivity contribution >= 4 is 5.96 Å². The maximum Gasteiger partial charge on any atom is 0.416 e. The number of aliphatic imine (C=N–C) groups is 1. The van der Waals surface area contributed by atoms with E-state index in [4.69, 9.17) is 11.6 Å². The van der Waals surface area contributed by atoms with Gasteiger partial charge in [0, 0.05) is 0 Å². The highest BCUT2D eigenvalue weighted by molar-refractivity contribution is 5.77. The lowest BCUT2D eigenvalue weighted by Gasteiger charge is -2.07. The van der Waals surface area contributed by atoms with E-state index < -0.39 is 11.7 Å². The fraction of sp³-hybridized carbons (Fsp3) is 0.222. The number of nitrogens with zero attached hydrogens (tertiary/aromatic N) is 1. The Morgan fingerprint density at radius 3 is 2.62 bits per heavy atom. The third kappa shape index (κ3) is 3.43. The van der Waals surface area contributed by atoms with Gasteiger partial charge in [0.2, 0.25) is 5.96 Å². The second-order valence-corrected chi connectivity index (χ2v) is 3.04. The molecule has 0 heterocycles. The number of hydrogen-bond acceptors (Lipinski definition) is 2. The Morgan fingerprint density at radius 1 is 1.38 bits per heavy atom. The van der Waals surface area contributed by atoms with Gasteiger partial charge in [0.25, 0.3) is 0 Å². The van der Waals surface area contributed by atoms with Crippen molar-refractivity contribution in [3.8, 4) is 0 Å². The summed E-state index contributed by atoms with van der Waals surface area (Å²) < 4.78 is 37.0. The Morgan fingerprint density at radius 2 is 2.06 bits per heavy atom. The molecule has 88 valence electrons. The van der Waals surface area contributed by atoms with E-state index in [-0.39, 0.29) is 12.5 Å². The largest absolute Gasteiger partial charge is 0.416 e. The van der Waals surface area contributed by atoms with E-state index in [0.29, 0.717) is 5.56 Å². The molecule has 0 atom stereocenters. The minimum Gasteiger partial charge on any atom is -0.369 e. The Balaban J connectivity index is 2.84. The normalized spacial score (nSPS) is 12.6. The van der Waals surface area contributed by atoms with Gasteiger partial charge in [-0.2, -0.15) is 13.2 Å². The maximum absolute atomic E-state index is 12.3. The Hall–Kier alpha value is -1.76. The summed E-state index contributed by atoms with van der Waals surface area (Å²) in [5, 5.41) is 0. The van der Waals surface area contributed by atoms with Crippen molar-refractivity contribution in [3.05, 3.63) is 35.4 Å². The van der Waals surface area contributed by atoms with Gasteiger partial charge in [-0.15, -0.1) is 0 Å². The number of nitrogens with one attached hydrogen (secondary N) is 1. The zero-order valence-corrected chi connectivity index (χ0v) is 8.25. The van der Waals surface area contributed by atoms with Crippen molar-refractivity contribution in [3.63, 3.8) is 0 Å². The lowest BCUT2D eigenvalue weighted by Crippen LogP contribution is -2.37. The van der Waals surface area contributed by atoms with Crippen LogP contribution in [0.5, 0.6) is 0 Å². The molecule has 0 radical (unpaired) electrons. The lowest BCUT2D eigenvalue weighted by atomic mass is 10.1. The first-order valence-corrected chi connectivity index (χ1v) is 4.36. The first-order valence-electron chi connectivity index (χ1n) is 4.36. The van der Waals surface area contributed by atoms with Gasteiger partial charge in [-0.1, -0.05) is 12.1 Å². The van der Waals surface area contributed by atoms with Crippen LogP contribution >= 0.6 is 0 Å². The molecule has 0 spiro atoms. The molecular formula is C9H11F3N4. The van der Waals surface area contributed by atoms with Gasteiger partial charge in [0.15, 0.2) is 0 Å². The summed E-state index contributed by atoms with van der Waals surface area (Å²) in [6, 6.07) is 4.87. The van der Waals surface area contributed by atoms with E-state index >= 15 is 0 Å². The number of guanidine groups is 1. The van der Waals surface area contributed by atoms with E-state index in [1.165, 1.54) is 12.1 Å². The average Bonchev–Trinajstić information content (AvgIpc) is 2.25. The van der Waals surface area contributed by atoms with Crippen LogP contribution in [0.1, 0.15) is 11.1 Å². The Bertz CT molecular complexity index is 387. The third-order valence-corrected chi connectivity index (χ3v) is 1.83. The Labute approximate surface area is 90.1 Å². The topological polar surface area (TPSA) is 76.4 Å². The third-order valence-electron chi connectivity index (χ3n) is 1.83.